The highest BCUT2D eigenvalue weighted by atomic mass is 16.5. The number of ether oxygens (including phenoxy) is 3. The maximum atomic E-state index is 11.8. The van der Waals surface area contributed by atoms with Gasteiger partial charge in [-0.05, 0) is 49.4 Å². The molecule has 0 heterocycles. The van der Waals surface area contributed by atoms with E-state index >= 15 is 0 Å². The van der Waals surface area contributed by atoms with E-state index in [0.717, 1.165) is 25.0 Å². The van der Waals surface area contributed by atoms with Crippen LogP contribution in [0.1, 0.15) is 36.5 Å². The Morgan fingerprint density at radius 3 is 2.52 bits per heavy atom. The minimum Gasteiger partial charge on any atom is -0.504 e. The molecule has 0 aliphatic carbocycles. The van der Waals surface area contributed by atoms with Crippen molar-refractivity contribution in [2.24, 2.45) is 5.92 Å². The second-order valence-corrected chi connectivity index (χ2v) is 5.68. The molecule has 5 nitrogen and oxygen atoms in total. The summed E-state index contributed by atoms with van der Waals surface area (Å²) < 4.78 is 15.4. The van der Waals surface area contributed by atoms with Crippen LogP contribution >= 0.6 is 0 Å². The fourth-order valence-electron chi connectivity index (χ4n) is 2.13. The topological polar surface area (TPSA) is 61.8 Å². The number of carbonyl (C=O) groups is 2. The molecule has 136 valence electrons. The molecule has 0 spiro atoms. The van der Waals surface area contributed by atoms with Crippen LogP contribution in [-0.2, 0) is 14.3 Å². The third-order valence-electron chi connectivity index (χ3n) is 3.63. The van der Waals surface area contributed by atoms with Crippen LogP contribution in [0.5, 0.6) is 5.75 Å². The minimum atomic E-state index is -0.379. The van der Waals surface area contributed by atoms with Crippen molar-refractivity contribution < 1.29 is 23.8 Å². The van der Waals surface area contributed by atoms with Crippen LogP contribution in [0.15, 0.2) is 49.3 Å². The van der Waals surface area contributed by atoms with Gasteiger partial charge >= 0.3 is 5.97 Å². The van der Waals surface area contributed by atoms with Crippen molar-refractivity contribution in [1.29, 1.82) is 0 Å². The Morgan fingerprint density at radius 2 is 1.88 bits per heavy atom. The van der Waals surface area contributed by atoms with Gasteiger partial charge in [-0.1, -0.05) is 13.5 Å². The highest BCUT2D eigenvalue weighted by Crippen LogP contribution is 2.16. The van der Waals surface area contributed by atoms with Gasteiger partial charge in [0, 0.05) is 17.7 Å². The SMILES string of the molecule is C=CC(=O)OCCCC(C)CCOc1ccc(C(=O)C=COC)cc1. The van der Waals surface area contributed by atoms with E-state index < -0.39 is 0 Å². The minimum absolute atomic E-state index is 0.112. The molecule has 0 bridgehead atoms. The number of ketones is 1. The van der Waals surface area contributed by atoms with Gasteiger partial charge < -0.3 is 14.2 Å². The highest BCUT2D eigenvalue weighted by molar-refractivity contribution is 6.04. The molecular formula is C20H26O5. The van der Waals surface area contributed by atoms with Crippen molar-refractivity contribution in [3.05, 3.63) is 54.8 Å². The molecule has 0 aliphatic heterocycles. The summed E-state index contributed by atoms with van der Waals surface area (Å²) in [6.07, 6.45) is 6.60. The van der Waals surface area contributed by atoms with E-state index in [1.54, 1.807) is 24.3 Å². The molecule has 0 saturated carbocycles. The van der Waals surface area contributed by atoms with E-state index in [2.05, 4.69) is 13.5 Å². The zero-order valence-electron chi connectivity index (χ0n) is 14.9. The maximum Gasteiger partial charge on any atom is 0.330 e. The maximum absolute atomic E-state index is 11.8. The van der Waals surface area contributed by atoms with Crippen molar-refractivity contribution >= 4 is 11.8 Å². The van der Waals surface area contributed by atoms with Crippen molar-refractivity contribution in [2.75, 3.05) is 20.3 Å². The second kappa shape index (κ2) is 11.9. The molecule has 0 radical (unpaired) electrons. The molecule has 0 aromatic heterocycles. The molecule has 1 unspecified atom stereocenters. The lowest BCUT2D eigenvalue weighted by Crippen LogP contribution is -2.07. The van der Waals surface area contributed by atoms with E-state index in [1.165, 1.54) is 25.5 Å². The average Bonchev–Trinajstić information content (AvgIpc) is 2.63. The first kappa shape index (κ1) is 20.5. The van der Waals surface area contributed by atoms with E-state index in [1.807, 2.05) is 0 Å². The molecule has 1 rings (SSSR count). The van der Waals surface area contributed by atoms with Gasteiger partial charge in [0.05, 0.1) is 26.6 Å². The molecule has 1 aromatic carbocycles. The Bertz CT molecular complexity index is 574. The number of carbonyl (C=O) groups excluding carboxylic acids is 2. The van der Waals surface area contributed by atoms with Gasteiger partial charge in [0.2, 0.25) is 0 Å². The van der Waals surface area contributed by atoms with Gasteiger partial charge in [-0.25, -0.2) is 4.79 Å². The third kappa shape index (κ3) is 8.74. The average molecular weight is 346 g/mol. The van der Waals surface area contributed by atoms with Crippen LogP contribution < -0.4 is 4.74 Å². The third-order valence-corrected chi connectivity index (χ3v) is 3.63. The Labute approximate surface area is 149 Å². The van der Waals surface area contributed by atoms with Crippen molar-refractivity contribution in [2.45, 2.75) is 26.2 Å². The number of esters is 1. The zero-order valence-corrected chi connectivity index (χ0v) is 14.9. The smallest absolute Gasteiger partial charge is 0.330 e. The van der Waals surface area contributed by atoms with Gasteiger partial charge in [0.1, 0.15) is 5.75 Å². The summed E-state index contributed by atoms with van der Waals surface area (Å²) in [6, 6.07) is 7.03. The standard InChI is InChI=1S/C20H26O5/c1-4-20(22)25-13-5-6-16(2)11-15-24-18-9-7-17(8-10-18)19(21)12-14-23-3/h4,7-10,12,14,16H,1,5-6,11,13,15H2,2-3H3. The number of hydrogen-bond acceptors (Lipinski definition) is 5. The molecule has 0 fully saturated rings. The summed E-state index contributed by atoms with van der Waals surface area (Å²) in [4.78, 5) is 22.7. The largest absolute Gasteiger partial charge is 0.504 e. The molecule has 25 heavy (non-hydrogen) atoms. The molecule has 0 saturated heterocycles. The normalized spacial score (nSPS) is 11.8. The molecule has 0 aliphatic rings. The first-order valence-corrected chi connectivity index (χ1v) is 8.32. The van der Waals surface area contributed by atoms with Gasteiger partial charge in [-0.3, -0.25) is 4.79 Å². The summed E-state index contributed by atoms with van der Waals surface area (Å²) in [6.45, 7) is 6.52. The lowest BCUT2D eigenvalue weighted by atomic mass is 10.0. The monoisotopic (exact) mass is 346 g/mol. The van der Waals surface area contributed by atoms with Gasteiger partial charge in [0.25, 0.3) is 0 Å². The van der Waals surface area contributed by atoms with Crippen LogP contribution in [0, 0.1) is 5.92 Å². The number of rotatable bonds is 12. The van der Waals surface area contributed by atoms with Crippen LogP contribution in [-0.4, -0.2) is 32.1 Å². The van der Waals surface area contributed by atoms with Crippen molar-refractivity contribution in [3.8, 4) is 5.75 Å². The van der Waals surface area contributed by atoms with Crippen LogP contribution in [0.25, 0.3) is 0 Å². The summed E-state index contributed by atoms with van der Waals surface area (Å²) in [7, 11) is 1.50. The van der Waals surface area contributed by atoms with Crippen LogP contribution in [0.3, 0.4) is 0 Å². The highest BCUT2D eigenvalue weighted by Gasteiger charge is 2.05. The molecule has 0 N–H and O–H groups in total. The van der Waals surface area contributed by atoms with Gasteiger partial charge in [-0.2, -0.15) is 0 Å². The zero-order chi connectivity index (χ0) is 18.5. The summed E-state index contributed by atoms with van der Waals surface area (Å²) in [5.74, 6) is 0.719. The molecule has 0 amide bonds. The predicted molar refractivity (Wildman–Crippen MR) is 96.6 cm³/mol. The molecule has 1 aromatic rings. The number of methoxy groups -OCH3 is 1. The van der Waals surface area contributed by atoms with Crippen LogP contribution in [0.4, 0.5) is 0 Å². The van der Waals surface area contributed by atoms with Crippen molar-refractivity contribution in [1.82, 2.24) is 0 Å². The van der Waals surface area contributed by atoms with E-state index in [4.69, 9.17) is 14.2 Å². The number of benzene rings is 1. The second-order valence-electron chi connectivity index (χ2n) is 5.68. The van der Waals surface area contributed by atoms with E-state index in [9.17, 15) is 9.59 Å². The quantitative estimate of drug-likeness (QED) is 0.189. The Morgan fingerprint density at radius 1 is 1.16 bits per heavy atom. The molecular weight excluding hydrogens is 320 g/mol. The van der Waals surface area contributed by atoms with Gasteiger partial charge in [-0.15, -0.1) is 0 Å². The number of hydrogen-bond donors (Lipinski definition) is 0. The summed E-state index contributed by atoms with van der Waals surface area (Å²) in [5.41, 5.74) is 0.586. The van der Waals surface area contributed by atoms with E-state index in [-0.39, 0.29) is 11.8 Å². The summed E-state index contributed by atoms with van der Waals surface area (Å²) in [5, 5.41) is 0. The Hall–Kier alpha value is -2.56. The van der Waals surface area contributed by atoms with Crippen LogP contribution in [0.2, 0.25) is 0 Å². The summed E-state index contributed by atoms with van der Waals surface area (Å²) >= 11 is 0. The molecule has 1 atom stereocenters. The predicted octanol–water partition coefficient (Wildman–Crippen LogP) is 3.94. The van der Waals surface area contributed by atoms with E-state index in [0.29, 0.717) is 24.7 Å². The van der Waals surface area contributed by atoms with Gasteiger partial charge in [0.15, 0.2) is 5.78 Å². The lowest BCUT2D eigenvalue weighted by molar-refractivity contribution is -0.137. The fraction of sp³-hybridized carbons (Fsp3) is 0.400. The lowest BCUT2D eigenvalue weighted by Gasteiger charge is -2.12. The fourth-order valence-corrected chi connectivity index (χ4v) is 2.13. The first-order valence-electron chi connectivity index (χ1n) is 8.32. The Kier molecular flexibility index (Phi) is 9.75. The molecule has 5 heteroatoms. The first-order chi connectivity index (χ1) is 12.1. The number of allylic oxidation sites excluding steroid dienone is 1. The Balaban J connectivity index is 2.24. The van der Waals surface area contributed by atoms with Crippen molar-refractivity contribution in [3.63, 3.8) is 0 Å².